The molecule has 7 aliphatic carbocycles. The molecule has 0 saturated heterocycles. The molecule has 5 saturated carbocycles. The maximum absolute atomic E-state index is 11.9. The van der Waals surface area contributed by atoms with Crippen LogP contribution in [-0.4, -0.2) is 92.5 Å². The number of esters is 5. The Bertz CT molecular complexity index is 1520. The molecule has 6 bridgehead atoms. The van der Waals surface area contributed by atoms with Gasteiger partial charge in [0, 0.05) is 13.2 Å². The lowest BCUT2D eigenvalue weighted by atomic mass is 9.79. The summed E-state index contributed by atoms with van der Waals surface area (Å²) in [6.45, 7) is 13.5. The van der Waals surface area contributed by atoms with Crippen LogP contribution >= 0.6 is 0 Å². The lowest BCUT2D eigenvalue weighted by molar-refractivity contribution is -0.192. The molecule has 65 heavy (non-hydrogen) atoms. The Kier molecular flexibility index (Phi) is 30.1. The molecule has 0 aromatic carbocycles. The number of terminal acetylenes is 1. The number of aliphatic hydroxyl groups is 2. The lowest BCUT2D eigenvalue weighted by Gasteiger charge is -2.27. The summed E-state index contributed by atoms with van der Waals surface area (Å²) in [4.78, 5) is 74.5. The monoisotopic (exact) mass is 913 g/mol. The van der Waals surface area contributed by atoms with Crippen LogP contribution in [0.4, 0.5) is 0 Å². The van der Waals surface area contributed by atoms with E-state index in [2.05, 4.69) is 37.2 Å². The highest BCUT2D eigenvalue weighted by Crippen LogP contribution is 2.54. The second kappa shape index (κ2) is 33.6. The first-order valence-electron chi connectivity index (χ1n) is 23.5. The van der Waals surface area contributed by atoms with Crippen molar-refractivity contribution in [2.45, 2.75) is 106 Å². The van der Waals surface area contributed by atoms with Crippen LogP contribution < -0.4 is 0 Å². The molecule has 0 aromatic heterocycles. The van der Waals surface area contributed by atoms with Gasteiger partial charge in [0.1, 0.15) is 0 Å². The molecule has 7 rings (SSSR count). The number of rotatable bonds is 14. The van der Waals surface area contributed by atoms with E-state index in [0.29, 0.717) is 63.1 Å². The van der Waals surface area contributed by atoms with Crippen LogP contribution in [0.3, 0.4) is 0 Å². The van der Waals surface area contributed by atoms with Gasteiger partial charge in [0.2, 0.25) is 0 Å². The van der Waals surface area contributed by atoms with Gasteiger partial charge in [-0.2, -0.15) is 9.59 Å². The van der Waals surface area contributed by atoms with Crippen molar-refractivity contribution in [2.75, 3.05) is 46.2 Å². The summed E-state index contributed by atoms with van der Waals surface area (Å²) >= 11 is 0. The first-order valence-corrected chi connectivity index (χ1v) is 23.5. The summed E-state index contributed by atoms with van der Waals surface area (Å²) < 4.78 is 25.0. The lowest BCUT2D eigenvalue weighted by Crippen LogP contribution is -2.36. The van der Waals surface area contributed by atoms with Gasteiger partial charge in [-0.25, -0.2) is 0 Å². The predicted octanol–water partition coefficient (Wildman–Crippen LogP) is 7.03. The molecule has 7 aliphatic rings. The molecule has 2 N–H and O–H groups in total. The maximum atomic E-state index is 11.9. The van der Waals surface area contributed by atoms with Crippen molar-refractivity contribution in [3.63, 3.8) is 0 Å². The van der Waals surface area contributed by atoms with Gasteiger partial charge in [0.15, 0.2) is 0 Å². The molecule has 0 aliphatic heterocycles. The third-order valence-corrected chi connectivity index (χ3v) is 13.0. The summed E-state index contributed by atoms with van der Waals surface area (Å²) in [5.41, 5.74) is 0. The fourth-order valence-electron chi connectivity index (χ4n) is 10.4. The van der Waals surface area contributed by atoms with Gasteiger partial charge in [-0.1, -0.05) is 55.5 Å². The number of hydrogen-bond acceptors (Lipinski definition) is 14. The van der Waals surface area contributed by atoms with Gasteiger partial charge in [-0.05, 0) is 140 Å². The number of fused-ring (bicyclic) bond motifs is 6. The molecule has 5 fully saturated rings. The van der Waals surface area contributed by atoms with Crippen LogP contribution in [0.2, 0.25) is 0 Å². The van der Waals surface area contributed by atoms with Crippen LogP contribution in [0.5, 0.6) is 0 Å². The van der Waals surface area contributed by atoms with Crippen LogP contribution in [0.25, 0.3) is 0 Å². The van der Waals surface area contributed by atoms with E-state index in [1.807, 2.05) is 31.2 Å². The third-order valence-electron chi connectivity index (χ3n) is 13.0. The van der Waals surface area contributed by atoms with E-state index in [9.17, 15) is 24.0 Å². The van der Waals surface area contributed by atoms with Crippen molar-refractivity contribution >= 4 is 36.0 Å². The zero-order valence-electron chi connectivity index (χ0n) is 39.5. The molecule has 0 spiro atoms. The number of ether oxygens (including phenoxy) is 5. The van der Waals surface area contributed by atoms with Gasteiger partial charge in [-0.3, -0.25) is 24.0 Å². The summed E-state index contributed by atoms with van der Waals surface area (Å²) in [7, 11) is 0. The number of carbonyl (C=O) groups is 5. The number of carbonyl (C=O) groups excluding carboxylic acids is 7. The number of aliphatic hydroxyl groups excluding tert-OH is 2. The van der Waals surface area contributed by atoms with Crippen LogP contribution in [0, 0.1) is 83.9 Å². The maximum Gasteiger partial charge on any atom is 0.373 e. The van der Waals surface area contributed by atoms with E-state index in [0.717, 1.165) is 50.4 Å². The van der Waals surface area contributed by atoms with Gasteiger partial charge < -0.3 is 33.9 Å². The van der Waals surface area contributed by atoms with Crippen molar-refractivity contribution < 1.29 is 67.5 Å². The summed E-state index contributed by atoms with van der Waals surface area (Å²) in [6, 6.07) is 0. The average molecular weight is 913 g/mol. The first-order chi connectivity index (χ1) is 31.5. The summed E-state index contributed by atoms with van der Waals surface area (Å²) in [6.07, 6.45) is 34.7. The topological polar surface area (TPSA) is 206 Å². The molecule has 364 valence electrons. The molecule has 14 heteroatoms. The zero-order valence-corrected chi connectivity index (χ0v) is 39.5. The van der Waals surface area contributed by atoms with Gasteiger partial charge in [0.05, 0.1) is 63.1 Å². The second-order valence-electron chi connectivity index (χ2n) is 16.5. The quantitative estimate of drug-likeness (QED) is 0.0777. The highest BCUT2D eigenvalue weighted by molar-refractivity contribution is 5.85. The molecule has 12 atom stereocenters. The van der Waals surface area contributed by atoms with E-state index in [1.165, 1.54) is 19.3 Å². The fraction of sp³-hybridized carbons (Fsp3) is 0.686. The van der Waals surface area contributed by atoms with Crippen molar-refractivity contribution in [1.29, 1.82) is 0 Å². The van der Waals surface area contributed by atoms with E-state index in [-0.39, 0.29) is 84.7 Å². The molecule has 0 radical (unpaired) electrons. The molecule has 0 amide bonds. The predicted molar refractivity (Wildman–Crippen MR) is 243 cm³/mol. The Morgan fingerprint density at radius 1 is 0.554 bits per heavy atom. The Morgan fingerprint density at radius 2 is 0.908 bits per heavy atom. The van der Waals surface area contributed by atoms with Gasteiger partial charge in [0.25, 0.3) is 0 Å². The Labute approximate surface area is 387 Å². The minimum atomic E-state index is -0.344. The highest BCUT2D eigenvalue weighted by Gasteiger charge is 2.55. The molecule has 14 nitrogen and oxygen atoms in total. The normalized spacial score (nSPS) is 29.2. The summed E-state index contributed by atoms with van der Waals surface area (Å²) in [5.74, 6) is 0.937. The van der Waals surface area contributed by atoms with E-state index in [1.54, 1.807) is 34.6 Å². The zero-order chi connectivity index (χ0) is 48.7. The third kappa shape index (κ3) is 18.2. The number of hydrogen-bond donors (Lipinski definition) is 2. The van der Waals surface area contributed by atoms with Crippen LogP contribution in [0.1, 0.15) is 106 Å². The SMILES string of the molecule is C#C.C1=CCC=C1.CC/C=C/CC(=O)OCC.CCOC(=O)[C@@H]1[C@@H]2CC[C@@H](C2)[C@H]1C(=O)OCC.CCOC(=O)[C@H]1[C@H](C(=O)OCC)[C@H]2C=C[C@@H]1C2.O=C=O.OC[C@@H]1[C@@H]2CC[C@@H](C2)[C@H]1CO. The largest absolute Gasteiger partial charge is 0.466 e. The molecule has 0 unspecified atom stereocenters. The van der Waals surface area contributed by atoms with Crippen molar-refractivity contribution in [1.82, 2.24) is 0 Å². The fourth-order valence-corrected chi connectivity index (χ4v) is 10.4. The Morgan fingerprint density at radius 3 is 1.23 bits per heavy atom. The van der Waals surface area contributed by atoms with Crippen LogP contribution in [0.15, 0.2) is 48.6 Å². The minimum absolute atomic E-state index is 0.146. The van der Waals surface area contributed by atoms with E-state index >= 15 is 0 Å². The van der Waals surface area contributed by atoms with Crippen molar-refractivity contribution in [3.05, 3.63) is 48.6 Å². The summed E-state index contributed by atoms with van der Waals surface area (Å²) in [5, 5.41) is 18.2. The number of allylic oxidation sites excluding steroid dienone is 7. The highest BCUT2D eigenvalue weighted by atomic mass is 16.6. The second-order valence-corrected chi connectivity index (χ2v) is 16.5. The Balaban J connectivity index is 0.000000412. The van der Waals surface area contributed by atoms with Crippen molar-refractivity contribution in [2.24, 2.45) is 71.0 Å². The van der Waals surface area contributed by atoms with Crippen molar-refractivity contribution in [3.8, 4) is 12.8 Å². The van der Waals surface area contributed by atoms with Gasteiger partial charge >= 0.3 is 36.0 Å². The Hall–Kier alpha value is -4.83. The average Bonchev–Trinajstić information content (AvgIpc) is 4.18. The molecular formula is C51H76O14. The molecular weight excluding hydrogens is 837 g/mol. The minimum Gasteiger partial charge on any atom is -0.466 e. The standard InChI is InChI=1S/C13H20O4.C13H18O4.C9H16O2.C8H14O2.C5H6.C2H2.CO2/c2*1-3-16-12(14)10-8-5-6-9(7-8)11(10)13(15)17-4-2;10-4-8-6-1-2-7(3-6)9(8)5-11;1-3-5-6-7-8(9)10-4-2;1-2-4-5-3-1;1-2;2-1-3/h8-11H,3-7H2,1-2H3;5-6,8-11H,3-4,7H2,1-2H3;6-11H,1-5H2;5-6H,3-4,7H2,1-2H3;1-4H,5H2;1-2H;/b;;;6-5+;;;/t2*8-,9+,10-,11-;6-,7+,8-,9-;;;;/m111..../s1. The molecule has 0 aromatic rings. The smallest absolute Gasteiger partial charge is 0.373 e. The van der Waals surface area contributed by atoms with Crippen LogP contribution in [-0.2, 0) is 57.2 Å². The first kappa shape index (κ1) is 58.2. The van der Waals surface area contributed by atoms with E-state index in [4.69, 9.17) is 43.5 Å². The van der Waals surface area contributed by atoms with Gasteiger partial charge in [-0.15, -0.1) is 12.8 Å². The van der Waals surface area contributed by atoms with E-state index < -0.39 is 0 Å². The molecule has 0 heterocycles.